The highest BCUT2D eigenvalue weighted by Gasteiger charge is 2.52. The minimum atomic E-state index is -1.27. The van der Waals surface area contributed by atoms with Crippen LogP contribution < -0.4 is 0 Å². The SMILES string of the molecule is O=C(O[C@@H]1[C@@H](O)[C@H](Sc2ccccc2)O[C@@H]2CO[C@H](c3ccccc3)O[C@H]12)C(=O)c1ccc2cccccc1-2. The molecule has 0 unspecified atom stereocenters. The van der Waals surface area contributed by atoms with Crippen LogP contribution in [0.4, 0.5) is 0 Å². The van der Waals surface area contributed by atoms with Crippen LogP contribution in [-0.4, -0.2) is 53.3 Å². The maximum Gasteiger partial charge on any atom is 0.380 e. The van der Waals surface area contributed by atoms with Gasteiger partial charge in [-0.05, 0) is 29.3 Å². The Labute approximate surface area is 230 Å². The highest BCUT2D eigenvalue weighted by atomic mass is 32.2. The van der Waals surface area contributed by atoms with Crippen molar-refractivity contribution in [3.05, 3.63) is 114 Å². The molecule has 198 valence electrons. The molecule has 2 aromatic rings. The Morgan fingerprint density at radius 1 is 0.821 bits per heavy atom. The van der Waals surface area contributed by atoms with E-state index in [2.05, 4.69) is 0 Å². The number of rotatable bonds is 6. The zero-order valence-corrected chi connectivity index (χ0v) is 21.6. The molecular weight excluding hydrogens is 516 g/mol. The number of benzene rings is 2. The lowest BCUT2D eigenvalue weighted by atomic mass is 9.98. The third kappa shape index (κ3) is 5.34. The number of carbonyl (C=O) groups is 2. The number of hydrogen-bond acceptors (Lipinski definition) is 8. The van der Waals surface area contributed by atoms with E-state index in [0.717, 1.165) is 16.0 Å². The van der Waals surface area contributed by atoms with Crippen molar-refractivity contribution in [1.29, 1.82) is 0 Å². The average Bonchev–Trinajstić information content (AvgIpc) is 3.23. The van der Waals surface area contributed by atoms with Crippen molar-refractivity contribution in [3.63, 3.8) is 0 Å². The predicted molar refractivity (Wildman–Crippen MR) is 144 cm³/mol. The summed E-state index contributed by atoms with van der Waals surface area (Å²) in [4.78, 5) is 27.4. The first-order valence-electron chi connectivity index (χ1n) is 12.7. The molecule has 0 amide bonds. The maximum absolute atomic E-state index is 13.3. The maximum atomic E-state index is 13.3. The second-order valence-electron chi connectivity index (χ2n) is 9.37. The molecule has 6 rings (SSSR count). The van der Waals surface area contributed by atoms with Gasteiger partial charge in [-0.1, -0.05) is 96.7 Å². The lowest BCUT2D eigenvalue weighted by Gasteiger charge is -2.47. The fourth-order valence-electron chi connectivity index (χ4n) is 4.91. The highest BCUT2D eigenvalue weighted by Crippen LogP contribution is 2.40. The summed E-state index contributed by atoms with van der Waals surface area (Å²) >= 11 is 1.30. The normalized spacial score (nSPS) is 26.5. The topological polar surface area (TPSA) is 91.3 Å². The second kappa shape index (κ2) is 11.3. The van der Waals surface area contributed by atoms with Crippen LogP contribution in [0.2, 0.25) is 0 Å². The van der Waals surface area contributed by atoms with E-state index < -0.39 is 47.9 Å². The molecule has 6 atom stereocenters. The number of Topliss-reactive ketones (excluding diaryl/α,β-unsaturated/α-hetero) is 1. The molecule has 0 spiro atoms. The molecule has 39 heavy (non-hydrogen) atoms. The Hall–Kier alpha value is -3.53. The van der Waals surface area contributed by atoms with Crippen LogP contribution in [0, 0.1) is 0 Å². The summed E-state index contributed by atoms with van der Waals surface area (Å²) in [5.74, 6) is -1.85. The number of thioether (sulfide) groups is 1. The van der Waals surface area contributed by atoms with E-state index >= 15 is 0 Å². The van der Waals surface area contributed by atoms with E-state index in [-0.39, 0.29) is 12.2 Å². The molecule has 1 N–H and O–H groups in total. The molecule has 7 nitrogen and oxygen atoms in total. The predicted octanol–water partition coefficient (Wildman–Crippen LogP) is 4.88. The number of aliphatic hydroxyl groups is 1. The van der Waals surface area contributed by atoms with Crippen molar-refractivity contribution < 1.29 is 33.6 Å². The summed E-state index contributed by atoms with van der Waals surface area (Å²) in [6.07, 6.45) is -4.64. The fraction of sp³-hybridized carbons (Fsp3) is 0.226. The molecule has 0 radical (unpaired) electrons. The van der Waals surface area contributed by atoms with Gasteiger partial charge in [0.2, 0.25) is 0 Å². The molecule has 0 bridgehead atoms. The number of ether oxygens (including phenoxy) is 4. The van der Waals surface area contributed by atoms with Crippen molar-refractivity contribution in [1.82, 2.24) is 0 Å². The van der Waals surface area contributed by atoms with Gasteiger partial charge in [0.1, 0.15) is 23.7 Å². The Bertz CT molecular complexity index is 1410. The van der Waals surface area contributed by atoms with Gasteiger partial charge < -0.3 is 24.1 Å². The van der Waals surface area contributed by atoms with E-state index in [1.807, 2.05) is 84.9 Å². The van der Waals surface area contributed by atoms with Gasteiger partial charge in [-0.3, -0.25) is 4.79 Å². The third-order valence-corrected chi connectivity index (χ3v) is 8.01. The third-order valence-electron chi connectivity index (χ3n) is 6.84. The van der Waals surface area contributed by atoms with Crippen LogP contribution in [0.15, 0.2) is 108 Å². The zero-order valence-electron chi connectivity index (χ0n) is 20.8. The lowest BCUT2D eigenvalue weighted by molar-refractivity contribution is -0.319. The van der Waals surface area contributed by atoms with E-state index in [4.69, 9.17) is 18.9 Å². The summed E-state index contributed by atoms with van der Waals surface area (Å²) in [6, 6.07) is 31.4. The monoisotopic (exact) mass is 542 g/mol. The van der Waals surface area contributed by atoms with Gasteiger partial charge in [-0.2, -0.15) is 0 Å². The Morgan fingerprint density at radius 2 is 1.51 bits per heavy atom. The van der Waals surface area contributed by atoms with E-state index in [1.54, 1.807) is 18.2 Å². The molecule has 2 aromatic carbocycles. The summed E-state index contributed by atoms with van der Waals surface area (Å²) in [6.45, 7) is 0.161. The zero-order chi connectivity index (χ0) is 26.8. The van der Waals surface area contributed by atoms with Crippen LogP contribution in [0.25, 0.3) is 11.1 Å². The summed E-state index contributed by atoms with van der Waals surface area (Å²) < 4.78 is 24.1. The highest BCUT2D eigenvalue weighted by molar-refractivity contribution is 7.99. The van der Waals surface area contributed by atoms with Crippen molar-refractivity contribution in [3.8, 4) is 11.1 Å². The molecule has 8 heteroatoms. The molecule has 0 aromatic heterocycles. The van der Waals surface area contributed by atoms with Gasteiger partial charge in [0, 0.05) is 16.0 Å². The Kier molecular flexibility index (Phi) is 7.45. The fourth-order valence-corrected chi connectivity index (χ4v) is 5.98. The molecule has 2 aliphatic heterocycles. The number of esters is 1. The van der Waals surface area contributed by atoms with Gasteiger partial charge >= 0.3 is 5.97 Å². The number of carbonyl (C=O) groups excluding carboxylic acids is 2. The van der Waals surface area contributed by atoms with Gasteiger partial charge in [0.15, 0.2) is 12.4 Å². The summed E-state index contributed by atoms with van der Waals surface area (Å²) in [5.41, 5.74) is 1.73. The van der Waals surface area contributed by atoms with E-state index in [0.29, 0.717) is 5.56 Å². The van der Waals surface area contributed by atoms with Crippen LogP contribution in [0.3, 0.4) is 0 Å². The average molecular weight is 543 g/mol. The molecule has 2 heterocycles. The molecule has 0 saturated carbocycles. The van der Waals surface area contributed by atoms with Crippen LogP contribution in [0.5, 0.6) is 0 Å². The smallest absolute Gasteiger partial charge is 0.380 e. The largest absolute Gasteiger partial charge is 0.451 e. The van der Waals surface area contributed by atoms with Crippen molar-refractivity contribution in [2.75, 3.05) is 6.61 Å². The van der Waals surface area contributed by atoms with Gasteiger partial charge in [0.05, 0.1) is 6.61 Å². The Morgan fingerprint density at radius 3 is 2.28 bits per heavy atom. The molecule has 4 aliphatic rings. The van der Waals surface area contributed by atoms with E-state index in [1.165, 1.54) is 11.8 Å². The quantitative estimate of drug-likeness (QED) is 0.210. The molecule has 2 saturated heterocycles. The van der Waals surface area contributed by atoms with Crippen molar-refractivity contribution in [2.24, 2.45) is 0 Å². The van der Waals surface area contributed by atoms with Gasteiger partial charge in [-0.25, -0.2) is 4.79 Å². The first-order chi connectivity index (χ1) is 19.1. The molecule has 2 aliphatic carbocycles. The first kappa shape index (κ1) is 25.7. The first-order valence-corrected chi connectivity index (χ1v) is 13.6. The minimum Gasteiger partial charge on any atom is -0.451 e. The lowest BCUT2D eigenvalue weighted by Crippen LogP contribution is -2.62. The van der Waals surface area contributed by atoms with Gasteiger partial charge in [0.25, 0.3) is 5.78 Å². The number of aliphatic hydroxyl groups excluding tert-OH is 1. The summed E-state index contributed by atoms with van der Waals surface area (Å²) in [7, 11) is 0. The van der Waals surface area contributed by atoms with Crippen molar-refractivity contribution in [2.45, 2.75) is 41.0 Å². The number of hydrogen-bond donors (Lipinski definition) is 1. The minimum absolute atomic E-state index is 0.161. The number of ketones is 1. The Balaban J connectivity index is 1.26. The van der Waals surface area contributed by atoms with Crippen LogP contribution >= 0.6 is 11.8 Å². The molecule has 2 fully saturated rings. The van der Waals surface area contributed by atoms with E-state index in [9.17, 15) is 14.7 Å². The standard InChI is InChI=1S/C31H26O7S/c32-25(23-17-16-19-10-4-2-9-15-22(19)23)29(34)37-28-26(33)31(39-21-13-7-3-8-14-21)36-24-18-35-30(38-27(24)28)20-11-5-1-6-12-20/h1-17,24,26-28,30-31,33H,18H2/t24-,26-,27+,28-,30+,31+/m1/s1. The van der Waals surface area contributed by atoms with Crippen LogP contribution in [-0.2, 0) is 23.7 Å². The van der Waals surface area contributed by atoms with Crippen molar-refractivity contribution >= 4 is 23.5 Å². The van der Waals surface area contributed by atoms with Gasteiger partial charge in [-0.15, -0.1) is 0 Å². The van der Waals surface area contributed by atoms with Crippen LogP contribution in [0.1, 0.15) is 22.2 Å². The number of fused-ring (bicyclic) bond motifs is 2. The molecular formula is C31H26O7S. The second-order valence-corrected chi connectivity index (χ2v) is 10.5. The summed E-state index contributed by atoms with van der Waals surface area (Å²) in [5, 5.41) is 11.4.